The molecule has 1 rings (SSSR count). The molecule has 1 aliphatic rings. The molecular weight excluding hydrogens is 1030 g/mol. The normalized spacial score (nSPS) is 24.1. The van der Waals surface area contributed by atoms with Crippen molar-refractivity contribution in [3.63, 3.8) is 0 Å². The molecule has 0 heterocycles. The van der Waals surface area contributed by atoms with E-state index < -0.39 is 98.4 Å². The number of alkyl halides is 6. The first-order valence-corrected chi connectivity index (χ1v) is 19.3. The van der Waals surface area contributed by atoms with Crippen LogP contribution in [0.15, 0.2) is 0 Å². The second-order valence-electron chi connectivity index (χ2n) is 14.1. The van der Waals surface area contributed by atoms with Gasteiger partial charge in [0.25, 0.3) is 0 Å². The number of hydrogen-bond donors (Lipinski definition) is 0. The van der Waals surface area contributed by atoms with Crippen LogP contribution < -0.4 is 0 Å². The highest BCUT2D eigenvalue weighted by Gasteiger charge is 2.63. The molecule has 0 aromatic carbocycles. The number of halogens is 6. The molecule has 0 N–H and O–H groups in total. The van der Waals surface area contributed by atoms with Crippen molar-refractivity contribution in [1.82, 2.24) is 0 Å². The molecule has 0 bridgehead atoms. The van der Waals surface area contributed by atoms with Gasteiger partial charge in [-0.3, -0.25) is 28.8 Å². The van der Waals surface area contributed by atoms with Crippen molar-refractivity contribution in [3.05, 3.63) is 0 Å². The molecule has 276 valence electrons. The van der Waals surface area contributed by atoms with Gasteiger partial charge in [-0.1, -0.05) is 95.6 Å². The lowest BCUT2D eigenvalue weighted by Crippen LogP contribution is -2.70. The van der Waals surface area contributed by atoms with Crippen molar-refractivity contribution < 1.29 is 57.2 Å². The quantitative estimate of drug-likeness (QED) is 0.119. The number of carbonyl (C=O) groups excluding carboxylic acids is 6. The molecular formula is C30H42Br6O12. The van der Waals surface area contributed by atoms with Gasteiger partial charge in [-0.15, -0.1) is 0 Å². The van der Waals surface area contributed by atoms with E-state index >= 15 is 0 Å². The Morgan fingerprint density at radius 3 is 0.438 bits per heavy atom. The Labute approximate surface area is 331 Å². The average Bonchev–Trinajstić information content (AvgIpc) is 2.85. The summed E-state index contributed by atoms with van der Waals surface area (Å²) in [5.74, 6) is -5.50. The molecule has 1 aliphatic carbocycles. The van der Waals surface area contributed by atoms with E-state index in [9.17, 15) is 28.8 Å². The molecule has 0 aromatic rings. The first-order chi connectivity index (χ1) is 21.1. The summed E-state index contributed by atoms with van der Waals surface area (Å²) in [6, 6.07) is 0. The third kappa shape index (κ3) is 13.0. The molecule has 0 unspecified atom stereocenters. The molecule has 0 saturated heterocycles. The van der Waals surface area contributed by atoms with Gasteiger partial charge >= 0.3 is 35.8 Å². The van der Waals surface area contributed by atoms with E-state index in [1.807, 2.05) is 0 Å². The van der Waals surface area contributed by atoms with Crippen LogP contribution in [0.5, 0.6) is 0 Å². The summed E-state index contributed by atoms with van der Waals surface area (Å²) in [6.07, 6.45) is -10.8. The average molecular weight is 1070 g/mol. The molecule has 0 aromatic heterocycles. The minimum atomic E-state index is -1.80. The first-order valence-electron chi connectivity index (χ1n) is 14.5. The Morgan fingerprint density at radius 1 is 0.292 bits per heavy atom. The zero-order chi connectivity index (χ0) is 38.2. The lowest BCUT2D eigenvalue weighted by molar-refractivity contribution is -0.263. The molecule has 18 heteroatoms. The van der Waals surface area contributed by atoms with Crippen molar-refractivity contribution in [2.75, 3.05) is 0 Å². The number of carbonyl (C=O) groups is 6. The highest BCUT2D eigenvalue weighted by Crippen LogP contribution is 2.40. The zero-order valence-electron chi connectivity index (χ0n) is 28.6. The van der Waals surface area contributed by atoms with Gasteiger partial charge in [0.15, 0.2) is 36.6 Å². The Morgan fingerprint density at radius 2 is 0.375 bits per heavy atom. The van der Waals surface area contributed by atoms with E-state index in [2.05, 4.69) is 95.6 Å². The third-order valence-corrected chi connectivity index (χ3v) is 8.26. The summed E-state index contributed by atoms with van der Waals surface area (Å²) in [5, 5.41) is 0. The van der Waals surface area contributed by atoms with Crippen LogP contribution >= 0.6 is 95.6 Å². The second kappa shape index (κ2) is 16.2. The van der Waals surface area contributed by atoms with Crippen molar-refractivity contribution in [3.8, 4) is 0 Å². The zero-order valence-corrected chi connectivity index (χ0v) is 38.1. The lowest BCUT2D eigenvalue weighted by Gasteiger charge is -2.48. The predicted octanol–water partition coefficient (Wildman–Crippen LogP) is 6.51. The van der Waals surface area contributed by atoms with Gasteiger partial charge in [-0.2, -0.15) is 0 Å². The van der Waals surface area contributed by atoms with E-state index in [4.69, 9.17) is 28.4 Å². The van der Waals surface area contributed by atoms with E-state index in [1.165, 1.54) is 83.1 Å². The minimum absolute atomic E-state index is 0.917. The maximum atomic E-state index is 13.5. The largest absolute Gasteiger partial charge is 0.453 e. The van der Waals surface area contributed by atoms with Crippen molar-refractivity contribution in [1.29, 1.82) is 0 Å². The van der Waals surface area contributed by atoms with E-state index in [0.717, 1.165) is 0 Å². The van der Waals surface area contributed by atoms with Gasteiger partial charge in [0.05, 0.1) is 0 Å². The molecule has 1 saturated carbocycles. The third-order valence-electron chi connectivity index (χ3n) is 6.31. The summed E-state index contributed by atoms with van der Waals surface area (Å²) in [7, 11) is 0. The Bertz CT molecular complexity index is 985. The number of esters is 6. The number of hydrogen-bond acceptors (Lipinski definition) is 12. The standard InChI is InChI=1S/C30H42Br6O12/c1-25(2,31)19(37)43-13-14(44-20(38)26(3,4)32)16(46-22(40)28(7,8)34)18(48-24(42)30(11,12)36)17(47-23(41)29(9,10)35)15(13)45-21(39)27(5,6)33/h13-18H,1-12H3. The molecule has 0 radical (unpaired) electrons. The Kier molecular flexibility index (Phi) is 15.4. The van der Waals surface area contributed by atoms with Crippen molar-refractivity contribution in [2.24, 2.45) is 0 Å². The SMILES string of the molecule is CC(C)(Br)C(=O)OC1C(OC(=O)C(C)(C)Br)C(OC(=O)C(C)(C)Br)C(OC(=O)C(C)(C)Br)C(OC(=O)C(C)(C)Br)C1OC(=O)C(C)(C)Br. The van der Waals surface area contributed by atoms with Crippen LogP contribution in [0.4, 0.5) is 0 Å². The minimum Gasteiger partial charge on any atom is -0.453 e. The molecule has 0 atom stereocenters. The van der Waals surface area contributed by atoms with Gasteiger partial charge in [0, 0.05) is 0 Å². The lowest BCUT2D eigenvalue weighted by atomic mass is 9.83. The Hall–Kier alpha value is -0.300. The molecule has 0 aliphatic heterocycles. The smallest absolute Gasteiger partial charge is 0.322 e. The van der Waals surface area contributed by atoms with Crippen molar-refractivity contribution >= 4 is 131 Å². The van der Waals surface area contributed by atoms with Crippen LogP contribution in [0.3, 0.4) is 0 Å². The van der Waals surface area contributed by atoms with Gasteiger partial charge in [0.1, 0.15) is 25.9 Å². The van der Waals surface area contributed by atoms with E-state index in [0.29, 0.717) is 0 Å². The summed E-state index contributed by atoms with van der Waals surface area (Å²) >= 11 is 19.5. The summed E-state index contributed by atoms with van der Waals surface area (Å²) < 4.78 is 27.4. The maximum Gasteiger partial charge on any atom is 0.322 e. The fourth-order valence-corrected chi connectivity index (χ4v) is 4.07. The number of ether oxygens (including phenoxy) is 6. The maximum absolute atomic E-state index is 13.5. The fraction of sp³-hybridized carbons (Fsp3) is 0.800. The van der Waals surface area contributed by atoms with Gasteiger partial charge in [-0.05, 0) is 83.1 Å². The van der Waals surface area contributed by atoms with Gasteiger partial charge in [-0.25, -0.2) is 0 Å². The van der Waals surface area contributed by atoms with Gasteiger partial charge < -0.3 is 28.4 Å². The monoisotopic (exact) mass is 1070 g/mol. The Balaban J connectivity index is 4.35. The van der Waals surface area contributed by atoms with Crippen molar-refractivity contribution in [2.45, 2.75) is 146 Å². The van der Waals surface area contributed by atoms with E-state index in [-0.39, 0.29) is 0 Å². The highest BCUT2D eigenvalue weighted by atomic mass is 79.9. The molecule has 12 nitrogen and oxygen atoms in total. The second-order valence-corrected chi connectivity index (χ2v) is 25.9. The summed E-state index contributed by atoms with van der Waals surface area (Å²) in [4.78, 5) is 80.8. The topological polar surface area (TPSA) is 158 Å². The molecule has 0 amide bonds. The highest BCUT2D eigenvalue weighted by molar-refractivity contribution is 9.11. The molecule has 1 fully saturated rings. The molecule has 48 heavy (non-hydrogen) atoms. The van der Waals surface area contributed by atoms with Crippen LogP contribution in [0.2, 0.25) is 0 Å². The fourth-order valence-electron chi connectivity index (χ4n) is 3.51. The summed E-state index contributed by atoms with van der Waals surface area (Å²) in [5.41, 5.74) is 0. The number of rotatable bonds is 12. The van der Waals surface area contributed by atoms with Crippen LogP contribution in [-0.4, -0.2) is 98.4 Å². The van der Waals surface area contributed by atoms with Crippen LogP contribution in [0.25, 0.3) is 0 Å². The predicted molar refractivity (Wildman–Crippen MR) is 197 cm³/mol. The summed E-state index contributed by atoms with van der Waals surface area (Å²) in [6.45, 7) is 17.7. The van der Waals surface area contributed by atoms with Crippen LogP contribution in [-0.2, 0) is 57.2 Å². The van der Waals surface area contributed by atoms with E-state index in [1.54, 1.807) is 0 Å². The molecule has 0 spiro atoms. The van der Waals surface area contributed by atoms with Crippen LogP contribution in [0, 0.1) is 0 Å². The van der Waals surface area contributed by atoms with Crippen LogP contribution in [0.1, 0.15) is 83.1 Å². The first kappa shape index (κ1) is 45.7. The van der Waals surface area contributed by atoms with Gasteiger partial charge in [0.2, 0.25) is 0 Å².